The van der Waals surface area contributed by atoms with Crippen LogP contribution in [0, 0.1) is 0 Å². The molecule has 2 nitrogen and oxygen atoms in total. The molecular weight excluding hydrogens is 232 g/mol. The van der Waals surface area contributed by atoms with Crippen molar-refractivity contribution in [1.82, 2.24) is 0 Å². The fourth-order valence-electron chi connectivity index (χ4n) is 0.934. The minimum absolute atomic E-state index is 0.345. The predicted molar refractivity (Wildman–Crippen MR) is 55.6 cm³/mol. The highest BCUT2D eigenvalue weighted by Gasteiger charge is 2.09. The maximum absolute atomic E-state index is 11.2. The van der Waals surface area contributed by atoms with Crippen molar-refractivity contribution in [2.24, 2.45) is 0 Å². The molecule has 0 aromatic heterocycles. The van der Waals surface area contributed by atoms with Gasteiger partial charge in [-0.1, -0.05) is 18.7 Å². The van der Waals surface area contributed by atoms with Gasteiger partial charge in [-0.05, 0) is 33.6 Å². The fraction of sp³-hybridized carbons (Fsp3) is 0.100. The van der Waals surface area contributed by atoms with Crippen LogP contribution >= 0.6 is 15.9 Å². The molecule has 0 spiro atoms. The zero-order chi connectivity index (χ0) is 9.84. The molecule has 1 aromatic carbocycles. The Hall–Kier alpha value is -1.09. The van der Waals surface area contributed by atoms with Crippen molar-refractivity contribution in [2.75, 3.05) is 7.11 Å². The van der Waals surface area contributed by atoms with Crippen molar-refractivity contribution >= 4 is 28.0 Å². The Kier molecular flexibility index (Phi) is 3.25. The highest BCUT2D eigenvalue weighted by molar-refractivity contribution is 9.10. The van der Waals surface area contributed by atoms with Gasteiger partial charge in [-0.25, -0.2) is 4.79 Å². The van der Waals surface area contributed by atoms with E-state index in [1.807, 2.05) is 12.1 Å². The number of hydrogen-bond acceptors (Lipinski definition) is 2. The summed E-state index contributed by atoms with van der Waals surface area (Å²) in [5.74, 6) is -0.345. The first-order chi connectivity index (χ1) is 6.19. The smallest absolute Gasteiger partial charge is 0.339 e. The van der Waals surface area contributed by atoms with E-state index < -0.39 is 0 Å². The van der Waals surface area contributed by atoms with Crippen LogP contribution in [0.15, 0.2) is 29.3 Å². The monoisotopic (exact) mass is 240 g/mol. The molecule has 0 aliphatic carbocycles. The first kappa shape index (κ1) is 9.99. The third-order valence-corrected chi connectivity index (χ3v) is 2.29. The Morgan fingerprint density at radius 2 is 2.31 bits per heavy atom. The molecule has 0 fully saturated rings. The lowest BCUT2D eigenvalue weighted by atomic mass is 10.1. The molecule has 68 valence electrons. The Balaban J connectivity index is 3.12. The normalized spacial score (nSPS) is 9.38. The van der Waals surface area contributed by atoms with Crippen LogP contribution in [-0.4, -0.2) is 13.1 Å². The van der Waals surface area contributed by atoms with E-state index in [0.29, 0.717) is 5.56 Å². The van der Waals surface area contributed by atoms with E-state index in [2.05, 4.69) is 27.2 Å². The van der Waals surface area contributed by atoms with Crippen molar-refractivity contribution in [1.29, 1.82) is 0 Å². The van der Waals surface area contributed by atoms with Crippen molar-refractivity contribution in [3.05, 3.63) is 40.4 Å². The summed E-state index contributed by atoms with van der Waals surface area (Å²) in [6, 6.07) is 5.33. The van der Waals surface area contributed by atoms with E-state index in [-0.39, 0.29) is 5.97 Å². The average Bonchev–Trinajstić information content (AvgIpc) is 2.16. The molecule has 13 heavy (non-hydrogen) atoms. The number of hydrogen-bond donors (Lipinski definition) is 0. The average molecular weight is 241 g/mol. The highest BCUT2D eigenvalue weighted by atomic mass is 79.9. The van der Waals surface area contributed by atoms with E-state index in [9.17, 15) is 4.79 Å². The SMILES string of the molecule is C=Cc1ccc(C(=O)OC)c(Br)c1. The van der Waals surface area contributed by atoms with Crippen molar-refractivity contribution in [3.8, 4) is 0 Å². The number of rotatable bonds is 2. The van der Waals surface area contributed by atoms with Crippen LogP contribution in [-0.2, 0) is 4.74 Å². The topological polar surface area (TPSA) is 26.3 Å². The predicted octanol–water partition coefficient (Wildman–Crippen LogP) is 2.88. The quantitative estimate of drug-likeness (QED) is 0.744. The number of ether oxygens (including phenoxy) is 1. The summed E-state index contributed by atoms with van der Waals surface area (Å²) in [6.07, 6.45) is 1.71. The summed E-state index contributed by atoms with van der Waals surface area (Å²) in [5.41, 5.74) is 1.48. The summed E-state index contributed by atoms with van der Waals surface area (Å²) in [6.45, 7) is 3.63. The largest absolute Gasteiger partial charge is 0.465 e. The molecule has 1 rings (SSSR count). The van der Waals surface area contributed by atoms with E-state index in [1.165, 1.54) is 7.11 Å². The van der Waals surface area contributed by atoms with Gasteiger partial charge in [0.05, 0.1) is 12.7 Å². The highest BCUT2D eigenvalue weighted by Crippen LogP contribution is 2.19. The molecule has 1 aromatic rings. The van der Waals surface area contributed by atoms with E-state index in [1.54, 1.807) is 12.1 Å². The van der Waals surface area contributed by atoms with Gasteiger partial charge in [0.25, 0.3) is 0 Å². The molecule has 0 saturated heterocycles. The van der Waals surface area contributed by atoms with Crippen LogP contribution in [0.2, 0.25) is 0 Å². The Bertz CT molecular complexity index is 345. The van der Waals surface area contributed by atoms with Gasteiger partial charge in [0.1, 0.15) is 0 Å². The molecule has 0 bridgehead atoms. The lowest BCUT2D eigenvalue weighted by molar-refractivity contribution is 0.0599. The molecule has 0 heterocycles. The summed E-state index contributed by atoms with van der Waals surface area (Å²) in [7, 11) is 1.36. The van der Waals surface area contributed by atoms with E-state index in [0.717, 1.165) is 10.0 Å². The van der Waals surface area contributed by atoms with Crippen LogP contribution in [0.4, 0.5) is 0 Å². The molecular formula is C10H9BrO2. The molecule has 3 heteroatoms. The van der Waals surface area contributed by atoms with Gasteiger partial charge in [0.15, 0.2) is 0 Å². The third kappa shape index (κ3) is 2.18. The molecule has 0 N–H and O–H groups in total. The lowest BCUT2D eigenvalue weighted by Gasteiger charge is -2.02. The second kappa shape index (κ2) is 4.23. The number of esters is 1. The first-order valence-electron chi connectivity index (χ1n) is 3.69. The van der Waals surface area contributed by atoms with Gasteiger partial charge < -0.3 is 4.74 Å². The Labute approximate surface area is 85.3 Å². The van der Waals surface area contributed by atoms with E-state index in [4.69, 9.17) is 0 Å². The first-order valence-corrected chi connectivity index (χ1v) is 4.48. The van der Waals surface area contributed by atoms with Gasteiger partial charge in [-0.3, -0.25) is 0 Å². The van der Waals surface area contributed by atoms with Crippen LogP contribution in [0.5, 0.6) is 0 Å². The zero-order valence-corrected chi connectivity index (χ0v) is 8.80. The summed E-state index contributed by atoms with van der Waals surface area (Å²) < 4.78 is 5.32. The molecule has 0 aliphatic heterocycles. The number of benzene rings is 1. The summed E-state index contributed by atoms with van der Waals surface area (Å²) in [5, 5.41) is 0. The van der Waals surface area contributed by atoms with Crippen LogP contribution in [0.25, 0.3) is 6.08 Å². The maximum Gasteiger partial charge on any atom is 0.339 e. The van der Waals surface area contributed by atoms with Crippen LogP contribution in [0.3, 0.4) is 0 Å². The Morgan fingerprint density at radius 3 is 2.77 bits per heavy atom. The van der Waals surface area contributed by atoms with Crippen molar-refractivity contribution in [2.45, 2.75) is 0 Å². The number of halogens is 1. The standard InChI is InChI=1S/C10H9BrO2/c1-3-7-4-5-8(9(11)6-7)10(12)13-2/h3-6H,1H2,2H3. The molecule has 0 radical (unpaired) electrons. The summed E-state index contributed by atoms with van der Waals surface area (Å²) >= 11 is 3.28. The van der Waals surface area contributed by atoms with Gasteiger partial charge >= 0.3 is 5.97 Å². The minimum Gasteiger partial charge on any atom is -0.465 e. The van der Waals surface area contributed by atoms with Crippen LogP contribution < -0.4 is 0 Å². The van der Waals surface area contributed by atoms with Gasteiger partial charge in [-0.15, -0.1) is 0 Å². The molecule has 0 saturated carbocycles. The van der Waals surface area contributed by atoms with Gasteiger partial charge in [0, 0.05) is 4.47 Å². The molecule has 0 amide bonds. The minimum atomic E-state index is -0.345. The number of methoxy groups -OCH3 is 1. The zero-order valence-electron chi connectivity index (χ0n) is 7.21. The summed E-state index contributed by atoms with van der Waals surface area (Å²) in [4.78, 5) is 11.2. The molecule has 0 aliphatic rings. The van der Waals surface area contributed by atoms with Gasteiger partial charge in [0.2, 0.25) is 0 Å². The molecule has 0 atom stereocenters. The van der Waals surface area contributed by atoms with Crippen molar-refractivity contribution < 1.29 is 9.53 Å². The Morgan fingerprint density at radius 1 is 1.62 bits per heavy atom. The lowest BCUT2D eigenvalue weighted by Crippen LogP contribution is -2.01. The second-order valence-electron chi connectivity index (χ2n) is 2.43. The van der Waals surface area contributed by atoms with E-state index >= 15 is 0 Å². The number of carbonyl (C=O) groups is 1. The third-order valence-electron chi connectivity index (χ3n) is 1.63. The van der Waals surface area contributed by atoms with Crippen LogP contribution in [0.1, 0.15) is 15.9 Å². The second-order valence-corrected chi connectivity index (χ2v) is 3.29. The van der Waals surface area contributed by atoms with Crippen molar-refractivity contribution in [3.63, 3.8) is 0 Å². The fourth-order valence-corrected chi connectivity index (χ4v) is 1.49. The molecule has 0 unspecified atom stereocenters. The number of carbonyl (C=O) groups excluding carboxylic acids is 1. The maximum atomic E-state index is 11.2. The van der Waals surface area contributed by atoms with Gasteiger partial charge in [-0.2, -0.15) is 0 Å².